The highest BCUT2D eigenvalue weighted by atomic mass is 15.2. The van der Waals surface area contributed by atoms with Gasteiger partial charge in [0.05, 0.1) is 0 Å². The minimum atomic E-state index is 0.585. The van der Waals surface area contributed by atoms with Gasteiger partial charge in [-0.1, -0.05) is 34.4 Å². The second kappa shape index (κ2) is 5.73. The second-order valence-electron chi connectivity index (χ2n) is 20.8. The van der Waals surface area contributed by atoms with Crippen LogP contribution < -0.4 is 0 Å². The molecule has 0 radical (unpaired) electrons. The van der Waals surface area contributed by atoms with E-state index in [1.807, 2.05) is 0 Å². The van der Waals surface area contributed by atoms with Crippen molar-refractivity contribution in [1.29, 1.82) is 0 Å². The standard InChI is InChI=1S/C43H45N/c1-44-12-42-22-10-11-23-21-9-7-19-17-5-3-15-14-2-4-16-18-6-8-20(22)30-28(18)33-26(16)24(14)32-25(15)27(17)34-29(19)31(21)41(43(23,42)13-44)39-37(34)35(32)36(33)38(39)40(30)42/h2,4,14-17,22-27,32-41H,3,5-13H2,1H3. The zero-order valence-electron chi connectivity index (χ0n) is 26.2. The van der Waals surface area contributed by atoms with Crippen LogP contribution in [0.3, 0.4) is 0 Å². The van der Waals surface area contributed by atoms with E-state index < -0.39 is 0 Å². The smallest absolute Gasteiger partial charge is 0.00532 e. The highest BCUT2D eigenvalue weighted by molar-refractivity contribution is 5.67. The van der Waals surface area contributed by atoms with Crippen LogP contribution in [0.25, 0.3) is 0 Å². The lowest BCUT2D eigenvalue weighted by Crippen LogP contribution is -2.66. The highest BCUT2D eigenvalue weighted by Gasteiger charge is 2.90. The maximum atomic E-state index is 2.98. The summed E-state index contributed by atoms with van der Waals surface area (Å²) < 4.78 is 0. The first-order chi connectivity index (χ1) is 21.8. The Kier molecular flexibility index (Phi) is 2.80. The van der Waals surface area contributed by atoms with Gasteiger partial charge in [-0.05, 0) is 193 Å². The maximum Gasteiger partial charge on any atom is 0.00532 e. The van der Waals surface area contributed by atoms with Gasteiger partial charge in [-0.25, -0.2) is 0 Å². The Hall–Kier alpha value is -1.34. The topological polar surface area (TPSA) is 3.24 Å². The van der Waals surface area contributed by atoms with Gasteiger partial charge in [0.1, 0.15) is 0 Å². The van der Waals surface area contributed by atoms with Gasteiger partial charge >= 0.3 is 0 Å². The van der Waals surface area contributed by atoms with Gasteiger partial charge in [0, 0.05) is 29.8 Å². The fraction of sp³-hybridized carbons (Fsp3) is 0.767. The summed E-state index contributed by atoms with van der Waals surface area (Å²) in [4.78, 5) is 2.98. The van der Waals surface area contributed by atoms with E-state index in [2.05, 4.69) is 68.7 Å². The monoisotopic (exact) mass is 575 g/mol. The number of fused-ring (bicyclic) bond motifs is 5. The minimum absolute atomic E-state index is 0.585. The van der Waals surface area contributed by atoms with E-state index in [1.165, 1.54) is 38.8 Å². The van der Waals surface area contributed by atoms with Crippen LogP contribution in [-0.4, -0.2) is 25.0 Å². The number of likely N-dealkylation sites (tertiary alicyclic amines) is 1. The Balaban J connectivity index is 1.10. The van der Waals surface area contributed by atoms with Crippen molar-refractivity contribution >= 4 is 0 Å². The van der Waals surface area contributed by atoms with Crippen molar-refractivity contribution in [3.05, 3.63) is 56.7 Å². The first-order valence-electron chi connectivity index (χ1n) is 20.0. The van der Waals surface area contributed by atoms with Crippen LogP contribution in [0.5, 0.6) is 0 Å². The number of rotatable bonds is 0. The average Bonchev–Trinajstić information content (AvgIpc) is 3.86. The summed E-state index contributed by atoms with van der Waals surface area (Å²) in [5.41, 5.74) is 18.3. The Morgan fingerprint density at radius 1 is 0.545 bits per heavy atom. The van der Waals surface area contributed by atoms with Crippen molar-refractivity contribution in [2.45, 2.75) is 51.4 Å². The Labute approximate surface area is 261 Å². The lowest BCUT2D eigenvalue weighted by molar-refractivity contribution is -0.175. The summed E-state index contributed by atoms with van der Waals surface area (Å²) in [5, 5.41) is 0. The van der Waals surface area contributed by atoms with E-state index in [0.717, 1.165) is 118 Å². The van der Waals surface area contributed by atoms with Gasteiger partial charge in [-0.15, -0.1) is 0 Å². The third-order valence-electron chi connectivity index (χ3n) is 21.8. The van der Waals surface area contributed by atoms with Crippen LogP contribution >= 0.6 is 0 Å². The largest absolute Gasteiger partial charge is 0.305 e. The van der Waals surface area contributed by atoms with Crippen LogP contribution in [0.15, 0.2) is 56.7 Å². The summed E-state index contributed by atoms with van der Waals surface area (Å²) >= 11 is 0. The van der Waals surface area contributed by atoms with Crippen molar-refractivity contribution in [2.24, 2.45) is 129 Å². The molecule has 2 spiro atoms. The fourth-order valence-electron chi connectivity index (χ4n) is 23.1. The molecule has 0 aromatic carbocycles. The molecular weight excluding hydrogens is 530 g/mol. The number of allylic oxidation sites excluding steroid dienone is 10. The summed E-state index contributed by atoms with van der Waals surface area (Å²) in [6.45, 7) is 2.93. The molecule has 1 saturated heterocycles. The van der Waals surface area contributed by atoms with E-state index in [0.29, 0.717) is 10.8 Å². The van der Waals surface area contributed by atoms with Crippen LogP contribution in [0.4, 0.5) is 0 Å². The fourth-order valence-corrected chi connectivity index (χ4v) is 23.1. The Morgan fingerprint density at radius 3 is 1.93 bits per heavy atom. The van der Waals surface area contributed by atoms with Gasteiger partial charge in [0.15, 0.2) is 0 Å². The zero-order valence-corrected chi connectivity index (χ0v) is 26.2. The van der Waals surface area contributed by atoms with Gasteiger partial charge in [0.25, 0.3) is 0 Å². The molecule has 16 aliphatic carbocycles. The average molecular weight is 576 g/mol. The summed E-state index contributed by atoms with van der Waals surface area (Å²) in [5.74, 6) is 20.5. The minimum Gasteiger partial charge on any atom is -0.305 e. The molecule has 0 aromatic rings. The van der Waals surface area contributed by atoms with Crippen molar-refractivity contribution in [3.8, 4) is 0 Å². The van der Waals surface area contributed by atoms with E-state index in [-0.39, 0.29) is 0 Å². The zero-order chi connectivity index (χ0) is 27.2. The quantitative estimate of drug-likeness (QED) is 0.274. The Bertz CT molecular complexity index is 1860. The van der Waals surface area contributed by atoms with E-state index in [9.17, 15) is 0 Å². The van der Waals surface area contributed by atoms with Crippen molar-refractivity contribution in [3.63, 3.8) is 0 Å². The van der Waals surface area contributed by atoms with E-state index >= 15 is 0 Å². The molecule has 0 amide bonds. The molecule has 9 saturated carbocycles. The third kappa shape index (κ3) is 1.50. The SMILES string of the molecule is CN1CC23C4CCC5C6=C7C8=C(CC6)C6CCC9C%10C=CC%11C%12=C%13C(=C4CC%12)C2C2C4C%13C%11C%10C%10C9C6C8C(C4%10)C2C7C53C1. The molecule has 1 heteroatoms. The molecule has 1 nitrogen and oxygen atoms in total. The number of hydrogen-bond donors (Lipinski definition) is 0. The first kappa shape index (κ1) is 21.5. The van der Waals surface area contributed by atoms with Crippen molar-refractivity contribution in [1.82, 2.24) is 4.90 Å². The van der Waals surface area contributed by atoms with Crippen LogP contribution in [-0.2, 0) is 0 Å². The normalized spacial score (nSPS) is 71.8. The molecule has 22 unspecified atom stereocenters. The van der Waals surface area contributed by atoms with Gasteiger partial charge in [-0.3, -0.25) is 0 Å². The highest BCUT2D eigenvalue weighted by Crippen LogP contribution is 2.94. The Morgan fingerprint density at radius 2 is 1.18 bits per heavy atom. The molecule has 1 heterocycles. The van der Waals surface area contributed by atoms with Gasteiger partial charge in [-0.2, -0.15) is 0 Å². The lowest BCUT2D eigenvalue weighted by atomic mass is 9.34. The van der Waals surface area contributed by atoms with Crippen LogP contribution in [0.2, 0.25) is 0 Å². The molecule has 10 fully saturated rings. The molecule has 17 aliphatic rings. The molecule has 1 aliphatic heterocycles. The van der Waals surface area contributed by atoms with Crippen LogP contribution in [0, 0.1) is 129 Å². The molecule has 44 heavy (non-hydrogen) atoms. The molecule has 22 atom stereocenters. The van der Waals surface area contributed by atoms with E-state index in [1.54, 1.807) is 25.7 Å². The summed E-state index contributed by atoms with van der Waals surface area (Å²) in [6.07, 6.45) is 18.1. The molecule has 17 rings (SSSR count). The molecule has 0 bridgehead atoms. The predicted octanol–water partition coefficient (Wildman–Crippen LogP) is 7.31. The second-order valence-corrected chi connectivity index (χ2v) is 20.8. The van der Waals surface area contributed by atoms with Gasteiger partial charge < -0.3 is 4.90 Å². The summed E-state index contributed by atoms with van der Waals surface area (Å²) in [6, 6.07) is 0. The van der Waals surface area contributed by atoms with Crippen molar-refractivity contribution < 1.29 is 0 Å². The number of nitrogens with zero attached hydrogens (tertiary/aromatic N) is 1. The van der Waals surface area contributed by atoms with Gasteiger partial charge in [0.2, 0.25) is 0 Å². The molecule has 0 aromatic heterocycles. The lowest BCUT2D eigenvalue weighted by Gasteiger charge is -2.68. The third-order valence-corrected chi connectivity index (χ3v) is 21.8. The first-order valence-corrected chi connectivity index (χ1v) is 20.0. The summed E-state index contributed by atoms with van der Waals surface area (Å²) in [7, 11) is 2.61. The molecule has 222 valence electrons. The predicted molar refractivity (Wildman–Crippen MR) is 166 cm³/mol. The van der Waals surface area contributed by atoms with Crippen molar-refractivity contribution in [2.75, 3.05) is 20.1 Å². The van der Waals surface area contributed by atoms with E-state index in [4.69, 9.17) is 0 Å². The molecular formula is C43H45N. The molecule has 0 N–H and O–H groups in total. The maximum absolute atomic E-state index is 2.98. The van der Waals surface area contributed by atoms with Crippen LogP contribution in [0.1, 0.15) is 51.4 Å². The number of hydrogen-bond acceptors (Lipinski definition) is 1.